The molecule has 6 aromatic carbocycles. The maximum Gasteiger partial charge on any atom is 0.390 e. The second kappa shape index (κ2) is 13.0. The van der Waals surface area contributed by atoms with Crippen molar-refractivity contribution in [3.63, 3.8) is 0 Å². The molecule has 1 saturated heterocycles. The SMILES string of the molecule is CC(C)(C)CC1C(c2ccccc2)=C(c2ccccc2)[Si]12O[Si](c1ccccc1)(c1ccccc1)O[Si](c1ccccc1)(c1ccccc1)O2. The van der Waals surface area contributed by atoms with Gasteiger partial charge in [0.15, 0.2) is 0 Å². The second-order valence-corrected chi connectivity index (χ2v) is 24.3. The first kappa shape index (κ1) is 32.8. The molecule has 0 amide bonds. The number of rotatable bonds is 7. The smallest absolute Gasteiger partial charge is 0.390 e. The predicted octanol–water partition coefficient (Wildman–Crippen LogP) is 7.98. The van der Waals surface area contributed by atoms with Crippen molar-refractivity contribution in [1.82, 2.24) is 0 Å². The Bertz CT molecular complexity index is 1910. The molecule has 2 heterocycles. The Morgan fingerprint density at radius 1 is 0.420 bits per heavy atom. The highest BCUT2D eigenvalue weighted by atomic mass is 28.5. The summed E-state index contributed by atoms with van der Waals surface area (Å²) in [5.74, 6) is 0. The number of hydrogen-bond donors (Lipinski definition) is 0. The normalized spacial score (nSPS) is 19.1. The number of hydrogen-bond acceptors (Lipinski definition) is 3. The van der Waals surface area contributed by atoms with Crippen LogP contribution in [-0.2, 0) is 12.3 Å². The minimum absolute atomic E-state index is 0.00532. The van der Waals surface area contributed by atoms with Gasteiger partial charge >= 0.3 is 25.7 Å². The molecule has 2 aliphatic heterocycles. The Hall–Kier alpha value is -4.41. The van der Waals surface area contributed by atoms with Crippen LogP contribution in [0.5, 0.6) is 0 Å². The van der Waals surface area contributed by atoms with E-state index in [1.807, 2.05) is 0 Å². The van der Waals surface area contributed by atoms with Gasteiger partial charge in [-0.1, -0.05) is 203 Å². The van der Waals surface area contributed by atoms with E-state index in [0.717, 1.165) is 32.7 Å². The van der Waals surface area contributed by atoms with Gasteiger partial charge in [-0.3, -0.25) is 0 Å². The average Bonchev–Trinajstić information content (AvgIpc) is 3.17. The minimum Gasteiger partial charge on any atom is -0.405 e. The zero-order valence-corrected chi connectivity index (χ0v) is 31.8. The van der Waals surface area contributed by atoms with Gasteiger partial charge < -0.3 is 12.3 Å². The molecule has 1 spiro atoms. The van der Waals surface area contributed by atoms with Crippen LogP contribution in [0.1, 0.15) is 38.3 Å². The van der Waals surface area contributed by atoms with Gasteiger partial charge in [0.1, 0.15) is 0 Å². The second-order valence-electron chi connectivity index (χ2n) is 14.5. The van der Waals surface area contributed by atoms with Gasteiger partial charge in [-0.15, -0.1) is 0 Å². The van der Waals surface area contributed by atoms with E-state index in [1.165, 1.54) is 16.3 Å². The first-order valence-corrected chi connectivity index (χ1v) is 23.1. The van der Waals surface area contributed by atoms with Gasteiger partial charge in [0.25, 0.3) is 0 Å². The van der Waals surface area contributed by atoms with Crippen LogP contribution in [0, 0.1) is 5.41 Å². The highest BCUT2D eigenvalue weighted by molar-refractivity contribution is 7.16. The van der Waals surface area contributed by atoms with Crippen molar-refractivity contribution in [2.75, 3.05) is 0 Å². The summed E-state index contributed by atoms with van der Waals surface area (Å²) in [6.45, 7) is 7.03. The van der Waals surface area contributed by atoms with Crippen LogP contribution in [0.15, 0.2) is 182 Å². The molecule has 0 radical (unpaired) electrons. The van der Waals surface area contributed by atoms with Crippen molar-refractivity contribution in [3.05, 3.63) is 193 Å². The minimum atomic E-state index is -3.50. The molecule has 0 saturated carbocycles. The zero-order valence-electron chi connectivity index (χ0n) is 28.8. The van der Waals surface area contributed by atoms with Crippen LogP contribution in [-0.4, -0.2) is 25.7 Å². The standard InChI is InChI=1S/C44H42O3Si3/c1-44(2,3)34-41-42(35-22-10-4-11-23-35)43(36-24-12-5-13-25-36)50(41)46-48(37-26-14-6-15-27-37,38-28-16-7-17-29-38)45-49(47-50,39-30-18-8-19-31-39)40-32-20-9-21-33-40/h4-33,41H,34H2,1-3H3. The van der Waals surface area contributed by atoms with E-state index in [-0.39, 0.29) is 11.0 Å². The number of allylic oxidation sites excluding steroid dienone is 1. The van der Waals surface area contributed by atoms with E-state index < -0.39 is 25.7 Å². The van der Waals surface area contributed by atoms with Crippen molar-refractivity contribution in [3.8, 4) is 0 Å². The average molecular weight is 703 g/mol. The summed E-state index contributed by atoms with van der Waals surface area (Å²) in [6.07, 6.45) is 0.919. The van der Waals surface area contributed by atoms with E-state index >= 15 is 0 Å². The summed E-state index contributed by atoms with van der Waals surface area (Å²) in [4.78, 5) is 0. The fraction of sp³-hybridized carbons (Fsp3) is 0.136. The summed E-state index contributed by atoms with van der Waals surface area (Å²) in [7, 11) is -10.4. The van der Waals surface area contributed by atoms with Crippen molar-refractivity contribution < 1.29 is 12.3 Å². The summed E-state index contributed by atoms with van der Waals surface area (Å²) < 4.78 is 24.3. The first-order valence-electron chi connectivity index (χ1n) is 17.5. The van der Waals surface area contributed by atoms with Crippen LogP contribution in [0.3, 0.4) is 0 Å². The summed E-state index contributed by atoms with van der Waals surface area (Å²) in [6, 6.07) is 64.7. The molecule has 0 aromatic heterocycles. The van der Waals surface area contributed by atoms with Crippen LogP contribution >= 0.6 is 0 Å². The highest BCUT2D eigenvalue weighted by Gasteiger charge is 2.73. The van der Waals surface area contributed by atoms with Gasteiger partial charge in [-0.05, 0) is 49.3 Å². The molecular weight excluding hydrogens is 661 g/mol. The fourth-order valence-corrected chi connectivity index (χ4v) is 26.3. The molecule has 0 aliphatic carbocycles. The van der Waals surface area contributed by atoms with Crippen LogP contribution in [0.2, 0.25) is 5.54 Å². The lowest BCUT2D eigenvalue weighted by Gasteiger charge is -2.61. The lowest BCUT2D eigenvalue weighted by Crippen LogP contribution is -2.86. The van der Waals surface area contributed by atoms with Gasteiger partial charge in [-0.2, -0.15) is 0 Å². The molecule has 248 valence electrons. The van der Waals surface area contributed by atoms with E-state index in [2.05, 4.69) is 203 Å². The molecule has 8 rings (SSSR count). The molecule has 50 heavy (non-hydrogen) atoms. The predicted molar refractivity (Wildman–Crippen MR) is 212 cm³/mol. The molecule has 1 atom stereocenters. The van der Waals surface area contributed by atoms with Gasteiger partial charge in [-0.25, -0.2) is 0 Å². The molecule has 1 fully saturated rings. The third-order valence-corrected chi connectivity index (χ3v) is 23.9. The molecule has 3 nitrogen and oxygen atoms in total. The first-order chi connectivity index (χ1) is 24.3. The molecule has 1 unspecified atom stereocenters. The fourth-order valence-electron chi connectivity index (χ4n) is 7.79. The monoisotopic (exact) mass is 702 g/mol. The Morgan fingerprint density at radius 3 is 1.08 bits per heavy atom. The molecule has 6 aromatic rings. The number of benzene rings is 6. The van der Waals surface area contributed by atoms with Crippen molar-refractivity contribution in [2.24, 2.45) is 5.41 Å². The lowest BCUT2D eigenvalue weighted by atomic mass is 9.85. The third kappa shape index (κ3) is 5.62. The van der Waals surface area contributed by atoms with Gasteiger partial charge in [0.2, 0.25) is 0 Å². The molecule has 2 aliphatic rings. The zero-order chi connectivity index (χ0) is 34.2. The van der Waals surface area contributed by atoms with Crippen molar-refractivity contribution >= 4 is 57.2 Å². The summed E-state index contributed by atoms with van der Waals surface area (Å²) in [5, 5.41) is 5.62. The van der Waals surface area contributed by atoms with Crippen LogP contribution in [0.25, 0.3) is 10.8 Å². The Kier molecular flexibility index (Phi) is 8.55. The third-order valence-electron chi connectivity index (χ3n) is 9.88. The van der Waals surface area contributed by atoms with Gasteiger partial charge in [0.05, 0.1) is 0 Å². The van der Waals surface area contributed by atoms with Crippen molar-refractivity contribution in [1.29, 1.82) is 0 Å². The maximum atomic E-state index is 8.16. The Labute approximate surface area is 299 Å². The Morgan fingerprint density at radius 2 is 0.740 bits per heavy atom. The largest absolute Gasteiger partial charge is 0.405 e. The molecule has 0 bridgehead atoms. The molecular formula is C44H42O3Si3. The van der Waals surface area contributed by atoms with Crippen LogP contribution < -0.4 is 20.7 Å². The summed E-state index contributed by atoms with van der Waals surface area (Å²) in [5.41, 5.74) is 3.80. The van der Waals surface area contributed by atoms with Crippen molar-refractivity contribution in [2.45, 2.75) is 32.7 Å². The van der Waals surface area contributed by atoms with Gasteiger partial charge in [0, 0.05) is 10.7 Å². The maximum absolute atomic E-state index is 8.16. The molecule has 0 N–H and O–H groups in total. The van der Waals surface area contributed by atoms with E-state index in [4.69, 9.17) is 12.3 Å². The molecule has 6 heteroatoms. The quantitative estimate of drug-likeness (QED) is 0.158. The van der Waals surface area contributed by atoms with E-state index in [0.29, 0.717) is 0 Å². The van der Waals surface area contributed by atoms with Crippen LogP contribution in [0.4, 0.5) is 0 Å². The summed E-state index contributed by atoms with van der Waals surface area (Å²) >= 11 is 0. The lowest BCUT2D eigenvalue weighted by molar-refractivity contribution is 0.239. The van der Waals surface area contributed by atoms with E-state index in [1.54, 1.807) is 0 Å². The highest BCUT2D eigenvalue weighted by Crippen LogP contribution is 2.63. The Balaban J connectivity index is 1.52. The topological polar surface area (TPSA) is 27.7 Å². The van der Waals surface area contributed by atoms with E-state index in [9.17, 15) is 0 Å².